The zero-order chi connectivity index (χ0) is 15.2. The highest BCUT2D eigenvalue weighted by Gasteiger charge is 2.15. The van der Waals surface area contributed by atoms with Crippen LogP contribution in [0.5, 0.6) is 5.75 Å². The van der Waals surface area contributed by atoms with Crippen LogP contribution in [0, 0.1) is 6.92 Å². The van der Waals surface area contributed by atoms with Gasteiger partial charge in [0.15, 0.2) is 6.61 Å². The number of anilines is 1. The molecule has 0 unspecified atom stereocenters. The molecule has 0 saturated carbocycles. The number of rotatable bonds is 5. The lowest BCUT2D eigenvalue weighted by Crippen LogP contribution is -2.34. The van der Waals surface area contributed by atoms with E-state index in [0.717, 1.165) is 11.3 Å². The zero-order valence-electron chi connectivity index (χ0n) is 12.2. The number of benzene rings is 2. The van der Waals surface area contributed by atoms with Crippen LogP contribution in [0.15, 0.2) is 48.5 Å². The number of hydrogen-bond acceptors (Lipinski definition) is 2. The lowest BCUT2D eigenvalue weighted by Gasteiger charge is -2.21. The van der Waals surface area contributed by atoms with Crippen molar-refractivity contribution in [1.82, 2.24) is 0 Å². The Labute approximate surface area is 130 Å². The van der Waals surface area contributed by atoms with Crippen LogP contribution in [-0.2, 0) is 4.79 Å². The van der Waals surface area contributed by atoms with Crippen molar-refractivity contribution in [3.8, 4) is 5.75 Å². The maximum Gasteiger partial charge on any atom is 0.264 e. The molecule has 0 N–H and O–H groups in total. The molecule has 0 aliphatic rings. The average molecular weight is 304 g/mol. The van der Waals surface area contributed by atoms with Gasteiger partial charge in [0.2, 0.25) is 0 Å². The number of ether oxygens (including phenoxy) is 1. The number of amides is 1. The van der Waals surface area contributed by atoms with Crippen molar-refractivity contribution < 1.29 is 9.53 Å². The molecule has 1 amide bonds. The van der Waals surface area contributed by atoms with Gasteiger partial charge in [-0.3, -0.25) is 4.79 Å². The number of carbonyl (C=O) groups excluding carboxylic acids is 1. The van der Waals surface area contributed by atoms with E-state index in [1.54, 1.807) is 17.0 Å². The molecule has 0 heterocycles. The highest BCUT2D eigenvalue weighted by molar-refractivity contribution is 6.32. The molecule has 0 aliphatic carbocycles. The van der Waals surface area contributed by atoms with Crippen LogP contribution in [0.4, 0.5) is 5.69 Å². The van der Waals surface area contributed by atoms with E-state index in [9.17, 15) is 4.79 Å². The van der Waals surface area contributed by atoms with E-state index in [-0.39, 0.29) is 12.5 Å². The molecule has 0 saturated heterocycles. The second kappa shape index (κ2) is 7.14. The smallest absolute Gasteiger partial charge is 0.264 e. The first-order chi connectivity index (χ1) is 10.1. The van der Waals surface area contributed by atoms with Gasteiger partial charge in [0.1, 0.15) is 5.75 Å². The summed E-state index contributed by atoms with van der Waals surface area (Å²) in [6, 6.07) is 15.0. The Morgan fingerprint density at radius 1 is 1.19 bits per heavy atom. The minimum absolute atomic E-state index is 0.0362. The van der Waals surface area contributed by atoms with E-state index in [1.807, 2.05) is 50.2 Å². The molecule has 2 aromatic carbocycles. The summed E-state index contributed by atoms with van der Waals surface area (Å²) in [4.78, 5) is 14.0. The second-order valence-electron chi connectivity index (χ2n) is 4.70. The summed E-state index contributed by atoms with van der Waals surface area (Å²) in [6.07, 6.45) is 0. The number of halogens is 1. The number of carbonyl (C=O) groups is 1. The number of hydrogen-bond donors (Lipinski definition) is 0. The van der Waals surface area contributed by atoms with Crippen LogP contribution in [0.25, 0.3) is 0 Å². The molecule has 0 bridgehead atoms. The lowest BCUT2D eigenvalue weighted by molar-refractivity contribution is -0.120. The van der Waals surface area contributed by atoms with Gasteiger partial charge in [-0.2, -0.15) is 0 Å². The highest BCUT2D eigenvalue weighted by atomic mass is 35.5. The van der Waals surface area contributed by atoms with Crippen LogP contribution in [0.1, 0.15) is 12.5 Å². The van der Waals surface area contributed by atoms with E-state index in [0.29, 0.717) is 17.3 Å². The van der Waals surface area contributed by atoms with Gasteiger partial charge in [0.25, 0.3) is 5.91 Å². The number of nitrogens with zero attached hydrogens (tertiary/aromatic N) is 1. The molecule has 3 nitrogen and oxygen atoms in total. The molecule has 4 heteroatoms. The molecule has 2 rings (SSSR count). The lowest BCUT2D eigenvalue weighted by atomic mass is 10.2. The van der Waals surface area contributed by atoms with Crippen LogP contribution in [0.2, 0.25) is 5.02 Å². The Kier molecular flexibility index (Phi) is 5.23. The van der Waals surface area contributed by atoms with Crippen LogP contribution < -0.4 is 9.64 Å². The number of para-hydroxylation sites is 1. The van der Waals surface area contributed by atoms with Gasteiger partial charge in [-0.25, -0.2) is 0 Å². The molecule has 21 heavy (non-hydrogen) atoms. The minimum atomic E-state index is -0.0944. The Morgan fingerprint density at radius 3 is 2.62 bits per heavy atom. The predicted molar refractivity (Wildman–Crippen MR) is 86.2 cm³/mol. The fraction of sp³-hybridized carbons (Fsp3) is 0.235. The van der Waals surface area contributed by atoms with E-state index in [4.69, 9.17) is 16.3 Å². The Balaban J connectivity index is 2.06. The van der Waals surface area contributed by atoms with Gasteiger partial charge >= 0.3 is 0 Å². The number of likely N-dealkylation sites (N-methyl/N-ethyl adjacent to an activating group) is 1. The fourth-order valence-corrected chi connectivity index (χ4v) is 2.27. The van der Waals surface area contributed by atoms with E-state index in [1.165, 1.54) is 0 Å². The minimum Gasteiger partial charge on any atom is -0.482 e. The summed E-state index contributed by atoms with van der Waals surface area (Å²) < 4.78 is 5.51. The van der Waals surface area contributed by atoms with Gasteiger partial charge < -0.3 is 9.64 Å². The van der Waals surface area contributed by atoms with Gasteiger partial charge in [-0.05, 0) is 43.7 Å². The Hall–Kier alpha value is -2.00. The first-order valence-electron chi connectivity index (χ1n) is 6.86. The standard InChI is InChI=1S/C17H18ClNO2/c1-3-19(14-8-6-7-13(2)11-14)17(20)12-21-16-10-5-4-9-15(16)18/h4-11H,3,12H2,1-2H3. The van der Waals surface area contributed by atoms with Crippen molar-refractivity contribution in [2.24, 2.45) is 0 Å². The third kappa shape index (κ3) is 3.99. The molecule has 0 aliphatic heterocycles. The summed E-state index contributed by atoms with van der Waals surface area (Å²) in [5, 5.41) is 0.504. The fourth-order valence-electron chi connectivity index (χ4n) is 2.08. The van der Waals surface area contributed by atoms with Gasteiger partial charge in [-0.15, -0.1) is 0 Å². The molecular weight excluding hydrogens is 286 g/mol. The normalized spacial score (nSPS) is 10.2. The topological polar surface area (TPSA) is 29.5 Å². The highest BCUT2D eigenvalue weighted by Crippen LogP contribution is 2.23. The SMILES string of the molecule is CCN(C(=O)COc1ccccc1Cl)c1cccc(C)c1. The first kappa shape index (κ1) is 15.4. The van der Waals surface area contributed by atoms with Crippen molar-refractivity contribution >= 4 is 23.2 Å². The van der Waals surface area contributed by atoms with Crippen molar-refractivity contribution in [2.45, 2.75) is 13.8 Å². The van der Waals surface area contributed by atoms with Crippen LogP contribution in [-0.4, -0.2) is 19.1 Å². The summed E-state index contributed by atoms with van der Waals surface area (Å²) in [5.41, 5.74) is 2.00. The molecule has 110 valence electrons. The quantitative estimate of drug-likeness (QED) is 0.833. The van der Waals surface area contributed by atoms with Gasteiger partial charge in [0, 0.05) is 12.2 Å². The molecule has 0 spiro atoms. The van der Waals surface area contributed by atoms with Crippen molar-refractivity contribution in [2.75, 3.05) is 18.1 Å². The molecular formula is C17H18ClNO2. The average Bonchev–Trinajstić information content (AvgIpc) is 2.47. The van der Waals surface area contributed by atoms with Crippen LogP contribution >= 0.6 is 11.6 Å². The van der Waals surface area contributed by atoms with E-state index >= 15 is 0 Å². The Morgan fingerprint density at radius 2 is 1.95 bits per heavy atom. The van der Waals surface area contributed by atoms with E-state index < -0.39 is 0 Å². The predicted octanol–water partition coefficient (Wildman–Crippen LogP) is 4.08. The van der Waals surface area contributed by atoms with E-state index in [2.05, 4.69) is 0 Å². The third-order valence-electron chi connectivity index (χ3n) is 3.12. The second-order valence-corrected chi connectivity index (χ2v) is 5.10. The first-order valence-corrected chi connectivity index (χ1v) is 7.24. The molecule has 2 aromatic rings. The maximum absolute atomic E-state index is 12.3. The molecule has 0 atom stereocenters. The summed E-state index contributed by atoms with van der Waals surface area (Å²) in [7, 11) is 0. The number of aryl methyl sites for hydroxylation is 1. The summed E-state index contributed by atoms with van der Waals surface area (Å²) >= 11 is 6.01. The van der Waals surface area contributed by atoms with Crippen LogP contribution in [0.3, 0.4) is 0 Å². The monoisotopic (exact) mass is 303 g/mol. The molecule has 0 radical (unpaired) electrons. The molecule has 0 fully saturated rings. The summed E-state index contributed by atoms with van der Waals surface area (Å²) in [6.45, 7) is 4.50. The zero-order valence-corrected chi connectivity index (χ0v) is 12.9. The summed E-state index contributed by atoms with van der Waals surface area (Å²) in [5.74, 6) is 0.427. The molecule has 0 aromatic heterocycles. The Bertz CT molecular complexity index is 628. The van der Waals surface area contributed by atoms with Crippen molar-refractivity contribution in [3.05, 3.63) is 59.1 Å². The van der Waals surface area contributed by atoms with Gasteiger partial charge in [0.05, 0.1) is 5.02 Å². The maximum atomic E-state index is 12.3. The van der Waals surface area contributed by atoms with Crippen molar-refractivity contribution in [1.29, 1.82) is 0 Å². The largest absolute Gasteiger partial charge is 0.482 e. The van der Waals surface area contributed by atoms with Crippen molar-refractivity contribution in [3.63, 3.8) is 0 Å². The third-order valence-corrected chi connectivity index (χ3v) is 3.43. The van der Waals surface area contributed by atoms with Gasteiger partial charge in [-0.1, -0.05) is 35.9 Å².